The van der Waals surface area contributed by atoms with E-state index in [0.717, 1.165) is 35.2 Å². The van der Waals surface area contributed by atoms with E-state index in [-0.39, 0.29) is 0 Å². The van der Waals surface area contributed by atoms with Crippen molar-refractivity contribution in [2.24, 2.45) is 0 Å². The molecule has 1 amide bonds. The Balaban J connectivity index is 2.13. The van der Waals surface area contributed by atoms with Crippen molar-refractivity contribution >= 4 is 18.2 Å². The molecule has 142 valence electrons. The van der Waals surface area contributed by atoms with E-state index in [1.807, 2.05) is 36.4 Å². The molecule has 0 N–H and O–H groups in total. The highest BCUT2D eigenvalue weighted by molar-refractivity contribution is 5.88. The number of methoxy groups -OCH3 is 4. The van der Waals surface area contributed by atoms with Crippen LogP contribution in [0.25, 0.3) is 11.8 Å². The number of benzene rings is 2. The quantitative estimate of drug-likeness (QED) is 0.732. The van der Waals surface area contributed by atoms with Crippen LogP contribution >= 0.6 is 0 Å². The smallest absolute Gasteiger partial charge is 0.214 e. The fraction of sp³-hybridized carbons (Fsp3) is 0.286. The zero-order chi connectivity index (χ0) is 19.4. The minimum atomic E-state index is 0.602. The van der Waals surface area contributed by atoms with Crippen molar-refractivity contribution in [3.63, 3.8) is 0 Å². The lowest BCUT2D eigenvalue weighted by Crippen LogP contribution is -2.28. The first-order valence-electron chi connectivity index (χ1n) is 8.56. The molecule has 27 heavy (non-hydrogen) atoms. The van der Waals surface area contributed by atoms with E-state index in [0.29, 0.717) is 29.5 Å². The molecule has 6 nitrogen and oxygen atoms in total. The maximum absolute atomic E-state index is 11.7. The highest BCUT2D eigenvalue weighted by Gasteiger charge is 2.23. The Hall–Kier alpha value is -3.15. The van der Waals surface area contributed by atoms with Gasteiger partial charge in [0.1, 0.15) is 0 Å². The molecule has 1 aliphatic rings. The molecule has 3 rings (SSSR count). The number of carbonyl (C=O) groups is 1. The van der Waals surface area contributed by atoms with E-state index in [1.54, 1.807) is 33.3 Å². The van der Waals surface area contributed by atoms with Gasteiger partial charge in [0.2, 0.25) is 6.41 Å². The van der Waals surface area contributed by atoms with E-state index in [4.69, 9.17) is 18.9 Å². The first-order valence-corrected chi connectivity index (χ1v) is 8.56. The molecule has 0 atom stereocenters. The second-order valence-electron chi connectivity index (χ2n) is 6.06. The second kappa shape index (κ2) is 8.03. The van der Waals surface area contributed by atoms with Crippen molar-refractivity contribution in [2.45, 2.75) is 6.42 Å². The molecule has 0 spiro atoms. The minimum absolute atomic E-state index is 0.602. The predicted molar refractivity (Wildman–Crippen MR) is 103 cm³/mol. The van der Waals surface area contributed by atoms with Crippen LogP contribution in [0.15, 0.2) is 30.3 Å². The van der Waals surface area contributed by atoms with E-state index in [2.05, 4.69) is 0 Å². The molecule has 2 aromatic carbocycles. The fourth-order valence-electron chi connectivity index (χ4n) is 3.25. The Kier molecular flexibility index (Phi) is 5.54. The van der Waals surface area contributed by atoms with Crippen molar-refractivity contribution < 1.29 is 23.7 Å². The third-order valence-electron chi connectivity index (χ3n) is 4.66. The van der Waals surface area contributed by atoms with Crippen LogP contribution in [0.4, 0.5) is 0 Å². The van der Waals surface area contributed by atoms with Crippen LogP contribution in [-0.2, 0) is 11.2 Å². The molecule has 1 aliphatic heterocycles. The van der Waals surface area contributed by atoms with Gasteiger partial charge in [0, 0.05) is 12.1 Å². The third-order valence-corrected chi connectivity index (χ3v) is 4.66. The number of hydrogen-bond acceptors (Lipinski definition) is 5. The van der Waals surface area contributed by atoms with Gasteiger partial charge in [-0.05, 0) is 47.9 Å². The Morgan fingerprint density at radius 1 is 0.852 bits per heavy atom. The molecule has 0 aromatic heterocycles. The normalized spacial score (nSPS) is 14.5. The lowest BCUT2D eigenvalue weighted by molar-refractivity contribution is -0.115. The second-order valence-corrected chi connectivity index (χ2v) is 6.06. The van der Waals surface area contributed by atoms with E-state index in [1.165, 1.54) is 0 Å². The molecule has 6 heteroatoms. The van der Waals surface area contributed by atoms with Crippen molar-refractivity contribution in [3.05, 3.63) is 47.0 Å². The first-order chi connectivity index (χ1) is 13.1. The zero-order valence-electron chi connectivity index (χ0n) is 15.9. The van der Waals surface area contributed by atoms with Crippen LogP contribution in [0.1, 0.15) is 16.7 Å². The molecule has 0 radical (unpaired) electrons. The van der Waals surface area contributed by atoms with Crippen LogP contribution in [0, 0.1) is 0 Å². The number of carbonyl (C=O) groups excluding carboxylic acids is 1. The molecule has 0 fully saturated rings. The highest BCUT2D eigenvalue weighted by Crippen LogP contribution is 2.38. The SMILES string of the molecule is COc1ccc(/C=C2\c3cc(OC)c(OC)cc3CCN2C=O)cc1OC. The maximum Gasteiger partial charge on any atom is 0.214 e. The Morgan fingerprint density at radius 3 is 2.11 bits per heavy atom. The molecular formula is C21H23NO5. The molecule has 0 aliphatic carbocycles. The van der Waals surface area contributed by atoms with Gasteiger partial charge in [0.05, 0.1) is 34.1 Å². The Bertz CT molecular complexity index is 875. The number of amides is 1. The summed E-state index contributed by atoms with van der Waals surface area (Å²) in [6, 6.07) is 9.53. The van der Waals surface area contributed by atoms with Crippen molar-refractivity contribution in [3.8, 4) is 23.0 Å². The summed E-state index contributed by atoms with van der Waals surface area (Å²) in [6.07, 6.45) is 3.56. The first kappa shape index (κ1) is 18.6. The Morgan fingerprint density at radius 2 is 1.48 bits per heavy atom. The topological polar surface area (TPSA) is 57.2 Å². The number of ether oxygens (including phenoxy) is 4. The van der Waals surface area contributed by atoms with Crippen molar-refractivity contribution in [1.82, 2.24) is 4.90 Å². The van der Waals surface area contributed by atoms with Crippen molar-refractivity contribution in [1.29, 1.82) is 0 Å². The number of fused-ring (bicyclic) bond motifs is 1. The summed E-state index contributed by atoms with van der Waals surface area (Å²) in [5.74, 6) is 2.60. The van der Waals surface area contributed by atoms with Gasteiger partial charge >= 0.3 is 0 Å². The predicted octanol–water partition coefficient (Wildman–Crippen LogP) is 3.23. The van der Waals surface area contributed by atoms with Crippen LogP contribution in [0.2, 0.25) is 0 Å². The number of rotatable bonds is 6. The van der Waals surface area contributed by atoms with Crippen LogP contribution in [-0.4, -0.2) is 46.3 Å². The largest absolute Gasteiger partial charge is 0.493 e. The zero-order valence-corrected chi connectivity index (χ0v) is 15.9. The van der Waals surface area contributed by atoms with Gasteiger partial charge in [-0.2, -0.15) is 0 Å². The standard InChI is InChI=1S/C21H23NO5/c1-24-18-6-5-14(10-19(18)25-2)9-17-16-12-21(27-4)20(26-3)11-15(16)7-8-22(17)13-23/h5-6,9-13H,7-8H2,1-4H3/b17-9+. The summed E-state index contributed by atoms with van der Waals surface area (Å²) < 4.78 is 21.5. The van der Waals surface area contributed by atoms with Gasteiger partial charge in [0.15, 0.2) is 23.0 Å². The van der Waals surface area contributed by atoms with Gasteiger partial charge < -0.3 is 23.8 Å². The monoisotopic (exact) mass is 369 g/mol. The van der Waals surface area contributed by atoms with Crippen LogP contribution < -0.4 is 18.9 Å². The summed E-state index contributed by atoms with van der Waals surface area (Å²) in [7, 11) is 6.41. The van der Waals surface area contributed by atoms with E-state index < -0.39 is 0 Å². The fourth-order valence-corrected chi connectivity index (χ4v) is 3.25. The van der Waals surface area contributed by atoms with E-state index >= 15 is 0 Å². The molecule has 1 heterocycles. The van der Waals surface area contributed by atoms with Gasteiger partial charge in [-0.25, -0.2) is 0 Å². The van der Waals surface area contributed by atoms with Crippen LogP contribution in [0.3, 0.4) is 0 Å². The average Bonchev–Trinajstić information content (AvgIpc) is 2.72. The molecule has 0 unspecified atom stereocenters. The summed E-state index contributed by atoms with van der Waals surface area (Å²) >= 11 is 0. The number of nitrogens with zero attached hydrogens (tertiary/aromatic N) is 1. The maximum atomic E-state index is 11.7. The molecule has 0 saturated carbocycles. The lowest BCUT2D eigenvalue weighted by atomic mass is 9.94. The summed E-state index contributed by atoms with van der Waals surface area (Å²) in [4.78, 5) is 13.4. The van der Waals surface area contributed by atoms with Crippen molar-refractivity contribution in [2.75, 3.05) is 35.0 Å². The van der Waals surface area contributed by atoms with Gasteiger partial charge in [-0.15, -0.1) is 0 Å². The minimum Gasteiger partial charge on any atom is -0.493 e. The van der Waals surface area contributed by atoms with Crippen LogP contribution in [0.5, 0.6) is 23.0 Å². The average molecular weight is 369 g/mol. The molecular weight excluding hydrogens is 346 g/mol. The molecule has 0 bridgehead atoms. The Labute approximate surface area is 158 Å². The van der Waals surface area contributed by atoms with Gasteiger partial charge in [-0.3, -0.25) is 4.79 Å². The highest BCUT2D eigenvalue weighted by atomic mass is 16.5. The summed E-state index contributed by atoms with van der Waals surface area (Å²) in [5, 5.41) is 0. The van der Waals surface area contributed by atoms with Gasteiger partial charge in [-0.1, -0.05) is 6.07 Å². The lowest BCUT2D eigenvalue weighted by Gasteiger charge is -2.29. The third kappa shape index (κ3) is 3.56. The number of hydrogen-bond donors (Lipinski definition) is 0. The summed E-state index contributed by atoms with van der Waals surface area (Å²) in [5.41, 5.74) is 3.76. The van der Waals surface area contributed by atoms with E-state index in [9.17, 15) is 4.79 Å². The van der Waals surface area contributed by atoms with Gasteiger partial charge in [0.25, 0.3) is 0 Å². The molecule has 2 aromatic rings. The summed E-state index contributed by atoms with van der Waals surface area (Å²) in [6.45, 7) is 0.602. The molecule has 0 saturated heterocycles.